The highest BCUT2D eigenvalue weighted by atomic mass is 16.6. The van der Waals surface area contributed by atoms with Crippen LogP contribution in [0.4, 0.5) is 0 Å². The molecule has 79 heavy (non-hydrogen) atoms. The van der Waals surface area contributed by atoms with E-state index in [0.717, 1.165) is 122 Å². The zero-order valence-electron chi connectivity index (χ0n) is 52.4. The van der Waals surface area contributed by atoms with Gasteiger partial charge in [0.15, 0.2) is 6.10 Å². The van der Waals surface area contributed by atoms with Crippen LogP contribution < -0.4 is 0 Å². The van der Waals surface area contributed by atoms with Crippen molar-refractivity contribution >= 4 is 17.9 Å². The van der Waals surface area contributed by atoms with Crippen molar-refractivity contribution in [3.8, 4) is 0 Å². The lowest BCUT2D eigenvalue weighted by atomic mass is 10.0. The number of unbranched alkanes of at least 4 members (excludes halogenated alkanes) is 37. The van der Waals surface area contributed by atoms with Crippen LogP contribution >= 0.6 is 0 Å². The first-order chi connectivity index (χ1) is 39.0. The summed E-state index contributed by atoms with van der Waals surface area (Å²) in [7, 11) is 0. The molecule has 0 aliphatic carbocycles. The number of ether oxygens (including phenoxy) is 3. The normalized spacial score (nSPS) is 12.6. The van der Waals surface area contributed by atoms with Crippen LogP contribution in [0.3, 0.4) is 0 Å². The van der Waals surface area contributed by atoms with Crippen LogP contribution in [0.2, 0.25) is 0 Å². The van der Waals surface area contributed by atoms with E-state index in [2.05, 4.69) is 106 Å². The number of esters is 3. The Morgan fingerprint density at radius 1 is 0.266 bits per heavy atom. The molecule has 0 saturated heterocycles. The van der Waals surface area contributed by atoms with Crippen molar-refractivity contribution in [2.75, 3.05) is 13.2 Å². The first kappa shape index (κ1) is 75.6. The highest BCUT2D eigenvalue weighted by Gasteiger charge is 2.19. The molecule has 0 spiro atoms. The third-order valence-corrected chi connectivity index (χ3v) is 14.9. The zero-order valence-corrected chi connectivity index (χ0v) is 52.4. The number of hydrogen-bond donors (Lipinski definition) is 0. The van der Waals surface area contributed by atoms with E-state index in [-0.39, 0.29) is 31.1 Å². The molecule has 6 heteroatoms. The van der Waals surface area contributed by atoms with Crippen LogP contribution in [0, 0.1) is 0 Å². The van der Waals surface area contributed by atoms with Crippen molar-refractivity contribution < 1.29 is 28.6 Å². The van der Waals surface area contributed by atoms with Crippen molar-refractivity contribution in [1.29, 1.82) is 0 Å². The molecule has 0 aliphatic rings. The Morgan fingerprint density at radius 3 is 0.785 bits per heavy atom. The van der Waals surface area contributed by atoms with Gasteiger partial charge in [-0.3, -0.25) is 14.4 Å². The molecule has 1 unspecified atom stereocenters. The Bertz CT molecular complexity index is 1500. The van der Waals surface area contributed by atoms with Crippen molar-refractivity contribution in [3.63, 3.8) is 0 Å². The molecule has 456 valence electrons. The van der Waals surface area contributed by atoms with Crippen LogP contribution in [0.1, 0.15) is 342 Å². The molecule has 6 nitrogen and oxygen atoms in total. The van der Waals surface area contributed by atoms with Gasteiger partial charge in [-0.2, -0.15) is 0 Å². The topological polar surface area (TPSA) is 78.9 Å². The predicted molar refractivity (Wildman–Crippen MR) is 344 cm³/mol. The van der Waals surface area contributed by atoms with Gasteiger partial charge in [-0.05, 0) is 116 Å². The second-order valence-electron chi connectivity index (χ2n) is 22.7. The van der Waals surface area contributed by atoms with Crippen molar-refractivity contribution in [2.45, 2.75) is 348 Å². The molecule has 0 aromatic rings. The molecule has 0 heterocycles. The van der Waals surface area contributed by atoms with Gasteiger partial charge < -0.3 is 14.2 Å². The van der Waals surface area contributed by atoms with E-state index >= 15 is 0 Å². The summed E-state index contributed by atoms with van der Waals surface area (Å²) >= 11 is 0. The summed E-state index contributed by atoms with van der Waals surface area (Å²) in [5, 5.41) is 0. The van der Waals surface area contributed by atoms with Crippen molar-refractivity contribution in [3.05, 3.63) is 85.1 Å². The van der Waals surface area contributed by atoms with Crippen LogP contribution in [0.5, 0.6) is 0 Å². The predicted octanol–water partition coefficient (Wildman–Crippen LogP) is 23.4. The minimum Gasteiger partial charge on any atom is -0.462 e. The molecule has 0 rings (SSSR count). The summed E-state index contributed by atoms with van der Waals surface area (Å²) in [6.07, 6.45) is 88.9. The van der Waals surface area contributed by atoms with E-state index in [1.54, 1.807) is 0 Å². The number of carbonyl (C=O) groups excluding carboxylic acids is 3. The minimum absolute atomic E-state index is 0.0863. The van der Waals surface area contributed by atoms with Gasteiger partial charge in [-0.1, -0.05) is 292 Å². The maximum absolute atomic E-state index is 12.9. The smallest absolute Gasteiger partial charge is 0.306 e. The van der Waals surface area contributed by atoms with Crippen LogP contribution in [-0.4, -0.2) is 37.2 Å². The fourth-order valence-corrected chi connectivity index (χ4v) is 9.76. The number of hydrogen-bond acceptors (Lipinski definition) is 6. The molecule has 0 saturated carbocycles. The molecule has 0 radical (unpaired) electrons. The first-order valence-corrected chi connectivity index (χ1v) is 34.1. The van der Waals surface area contributed by atoms with E-state index in [4.69, 9.17) is 14.2 Å². The number of rotatable bonds is 62. The molecule has 0 amide bonds. The first-order valence-electron chi connectivity index (χ1n) is 34.1. The molecule has 1 atom stereocenters. The van der Waals surface area contributed by atoms with E-state index in [9.17, 15) is 14.4 Å². The molecule has 0 fully saturated rings. The van der Waals surface area contributed by atoms with E-state index in [0.29, 0.717) is 19.3 Å². The molecular weight excluding hydrogens is 973 g/mol. The third-order valence-electron chi connectivity index (χ3n) is 14.9. The summed E-state index contributed by atoms with van der Waals surface area (Å²) in [6, 6.07) is 0. The Balaban J connectivity index is 4.35. The fourth-order valence-electron chi connectivity index (χ4n) is 9.76. The molecule has 0 aromatic heterocycles. The quantitative estimate of drug-likeness (QED) is 0.0261. The van der Waals surface area contributed by atoms with Gasteiger partial charge in [0.25, 0.3) is 0 Å². The third kappa shape index (κ3) is 65.3. The lowest BCUT2D eigenvalue weighted by Crippen LogP contribution is -2.30. The Kier molecular flexibility index (Phi) is 64.2. The second-order valence-corrected chi connectivity index (χ2v) is 22.7. The van der Waals surface area contributed by atoms with Crippen LogP contribution in [-0.2, 0) is 28.6 Å². The van der Waals surface area contributed by atoms with E-state index in [1.165, 1.54) is 180 Å². The van der Waals surface area contributed by atoms with Crippen LogP contribution in [0.25, 0.3) is 0 Å². The summed E-state index contributed by atoms with van der Waals surface area (Å²) in [4.78, 5) is 38.4. The fraction of sp³-hybridized carbons (Fsp3) is 0.767. The van der Waals surface area contributed by atoms with Gasteiger partial charge in [-0.25, -0.2) is 0 Å². The molecule has 0 aromatic carbocycles. The lowest BCUT2D eigenvalue weighted by Gasteiger charge is -2.18. The summed E-state index contributed by atoms with van der Waals surface area (Å²) in [5.41, 5.74) is 0. The minimum atomic E-state index is -0.793. The van der Waals surface area contributed by atoms with Gasteiger partial charge in [-0.15, -0.1) is 0 Å². The lowest BCUT2D eigenvalue weighted by molar-refractivity contribution is -0.167. The summed E-state index contributed by atoms with van der Waals surface area (Å²) in [5.74, 6) is -0.902. The van der Waals surface area contributed by atoms with Gasteiger partial charge in [0.1, 0.15) is 13.2 Å². The van der Waals surface area contributed by atoms with Crippen LogP contribution in [0.15, 0.2) is 85.1 Å². The van der Waals surface area contributed by atoms with E-state index < -0.39 is 6.10 Å². The maximum atomic E-state index is 12.9. The maximum Gasteiger partial charge on any atom is 0.306 e. The van der Waals surface area contributed by atoms with Gasteiger partial charge in [0, 0.05) is 19.3 Å². The van der Waals surface area contributed by atoms with Gasteiger partial charge in [0.2, 0.25) is 0 Å². The summed E-state index contributed by atoms with van der Waals surface area (Å²) in [6.45, 7) is 6.53. The number of allylic oxidation sites excluding steroid dienone is 14. The standard InChI is InChI=1S/C73H128O6/c1-4-7-10-13-16-19-22-25-28-30-32-34-35-36-37-39-40-42-45-48-51-54-57-60-63-66-72(75)78-69-70(68-77-71(74)65-62-59-56-53-50-47-44-27-24-21-18-15-12-9-6-3)79-73(76)67-64-61-58-55-52-49-46-43-41-38-33-31-29-26-23-20-17-14-11-8-5-2/h9,12,18,21,23,26-27,30-33,41,43-44,70H,4-8,10-11,13-17,19-20,22,24-25,28-29,34-40,42,45-69H2,1-3H3/b12-9-,21-18-,26-23-,32-30-,33-31-,43-41-,44-27-. The van der Waals surface area contributed by atoms with E-state index in [1.807, 2.05) is 0 Å². The molecule has 0 aliphatic heterocycles. The van der Waals surface area contributed by atoms with Crippen molar-refractivity contribution in [2.24, 2.45) is 0 Å². The Morgan fingerprint density at radius 2 is 0.494 bits per heavy atom. The van der Waals surface area contributed by atoms with Gasteiger partial charge >= 0.3 is 17.9 Å². The number of carbonyl (C=O) groups is 3. The molecular formula is C73H128O6. The SMILES string of the molecule is CC/C=C\C/C=C\C/C=C\CCCCCCCC(=O)OCC(COC(=O)CCCCCCCCCCCCCCC/C=C\CCCCCCCCCC)OC(=O)CCCCCCCC/C=C\C/C=C\C/C=C\CCCCCCC. The second kappa shape index (κ2) is 67.1. The average molecular weight is 1100 g/mol. The van der Waals surface area contributed by atoms with Crippen molar-refractivity contribution in [1.82, 2.24) is 0 Å². The highest BCUT2D eigenvalue weighted by molar-refractivity contribution is 5.71. The highest BCUT2D eigenvalue weighted by Crippen LogP contribution is 2.17. The zero-order chi connectivity index (χ0) is 57.1. The largest absolute Gasteiger partial charge is 0.462 e. The molecule has 0 bridgehead atoms. The Labute approximate surface area is 490 Å². The summed E-state index contributed by atoms with van der Waals surface area (Å²) < 4.78 is 16.9. The molecule has 0 N–H and O–H groups in total. The van der Waals surface area contributed by atoms with Gasteiger partial charge in [0.05, 0.1) is 0 Å². The Hall–Kier alpha value is -3.41. The average Bonchev–Trinajstić information content (AvgIpc) is 3.45. The monoisotopic (exact) mass is 1100 g/mol.